The molecule has 1 fully saturated rings. The highest BCUT2D eigenvalue weighted by Gasteiger charge is 2.29. The van der Waals surface area contributed by atoms with Gasteiger partial charge in [0.1, 0.15) is 6.33 Å². The minimum Gasteiger partial charge on any atom is -0.369 e. The SMILES string of the molecule is CC(C)n1cnnc1CN(C)C(=O)[C@H]1CCCN(CC(N)=O)C1. The van der Waals surface area contributed by atoms with E-state index < -0.39 is 0 Å². The number of aromatic nitrogens is 3. The van der Waals surface area contributed by atoms with Gasteiger partial charge in [0.15, 0.2) is 5.82 Å². The largest absolute Gasteiger partial charge is 0.369 e. The Morgan fingerprint density at radius 3 is 2.87 bits per heavy atom. The summed E-state index contributed by atoms with van der Waals surface area (Å²) in [6.07, 6.45) is 3.43. The zero-order valence-corrected chi connectivity index (χ0v) is 14.1. The maximum Gasteiger partial charge on any atom is 0.231 e. The molecule has 0 aromatic carbocycles. The fourth-order valence-electron chi connectivity index (χ4n) is 3.03. The third kappa shape index (κ3) is 4.51. The summed E-state index contributed by atoms with van der Waals surface area (Å²) in [5.41, 5.74) is 5.25. The fraction of sp³-hybridized carbons (Fsp3) is 0.733. The molecule has 1 aromatic rings. The maximum atomic E-state index is 12.7. The Labute approximate surface area is 136 Å². The van der Waals surface area contributed by atoms with Gasteiger partial charge in [-0.25, -0.2) is 0 Å². The Kier molecular flexibility index (Phi) is 5.70. The summed E-state index contributed by atoms with van der Waals surface area (Å²) < 4.78 is 1.96. The molecular weight excluding hydrogens is 296 g/mol. The van der Waals surface area contributed by atoms with E-state index in [0.29, 0.717) is 13.1 Å². The molecule has 2 amide bonds. The number of primary amides is 1. The molecule has 1 atom stereocenters. The summed E-state index contributed by atoms with van der Waals surface area (Å²) in [6.45, 7) is 6.16. The summed E-state index contributed by atoms with van der Waals surface area (Å²) in [6, 6.07) is 0.254. The van der Waals surface area contributed by atoms with Crippen LogP contribution >= 0.6 is 0 Å². The molecule has 1 aliphatic heterocycles. The van der Waals surface area contributed by atoms with Gasteiger partial charge in [0.25, 0.3) is 0 Å². The Bertz CT molecular complexity index is 556. The zero-order chi connectivity index (χ0) is 17.0. The van der Waals surface area contributed by atoms with E-state index in [1.54, 1.807) is 18.3 Å². The van der Waals surface area contributed by atoms with Gasteiger partial charge >= 0.3 is 0 Å². The van der Waals surface area contributed by atoms with E-state index in [2.05, 4.69) is 24.0 Å². The second-order valence-corrected chi connectivity index (χ2v) is 6.48. The molecule has 1 saturated heterocycles. The maximum absolute atomic E-state index is 12.7. The number of nitrogens with zero attached hydrogens (tertiary/aromatic N) is 5. The second kappa shape index (κ2) is 7.54. The average molecular weight is 322 g/mol. The summed E-state index contributed by atoms with van der Waals surface area (Å²) in [7, 11) is 1.79. The molecule has 0 bridgehead atoms. The van der Waals surface area contributed by atoms with Gasteiger partial charge < -0.3 is 15.2 Å². The van der Waals surface area contributed by atoms with Crippen molar-refractivity contribution in [2.45, 2.75) is 39.3 Å². The van der Waals surface area contributed by atoms with Gasteiger partial charge in [-0.3, -0.25) is 14.5 Å². The third-order valence-electron chi connectivity index (χ3n) is 4.19. The molecular formula is C15H26N6O2. The number of carbonyl (C=O) groups is 2. The van der Waals surface area contributed by atoms with Crippen molar-refractivity contribution in [2.75, 3.05) is 26.7 Å². The molecule has 128 valence electrons. The van der Waals surface area contributed by atoms with Gasteiger partial charge in [-0.05, 0) is 33.2 Å². The minimum absolute atomic E-state index is 0.0810. The highest BCUT2D eigenvalue weighted by atomic mass is 16.2. The van der Waals surface area contributed by atoms with Crippen LogP contribution in [0, 0.1) is 5.92 Å². The van der Waals surface area contributed by atoms with Gasteiger partial charge in [-0.1, -0.05) is 0 Å². The van der Waals surface area contributed by atoms with Crippen molar-refractivity contribution >= 4 is 11.8 Å². The van der Waals surface area contributed by atoms with Gasteiger partial charge in [0, 0.05) is 19.6 Å². The lowest BCUT2D eigenvalue weighted by atomic mass is 9.96. The molecule has 8 nitrogen and oxygen atoms in total. The topological polar surface area (TPSA) is 97.3 Å². The monoisotopic (exact) mass is 322 g/mol. The first-order chi connectivity index (χ1) is 10.9. The van der Waals surface area contributed by atoms with Crippen LogP contribution in [0.25, 0.3) is 0 Å². The molecule has 1 aliphatic rings. The summed E-state index contributed by atoms with van der Waals surface area (Å²) in [4.78, 5) is 27.4. The van der Waals surface area contributed by atoms with Crippen molar-refractivity contribution in [1.29, 1.82) is 0 Å². The van der Waals surface area contributed by atoms with Crippen molar-refractivity contribution in [3.63, 3.8) is 0 Å². The van der Waals surface area contributed by atoms with Crippen LogP contribution in [-0.4, -0.2) is 63.1 Å². The highest BCUT2D eigenvalue weighted by molar-refractivity contribution is 5.79. The molecule has 0 radical (unpaired) electrons. The van der Waals surface area contributed by atoms with E-state index >= 15 is 0 Å². The lowest BCUT2D eigenvalue weighted by Crippen LogP contribution is -2.46. The van der Waals surface area contributed by atoms with Crippen molar-refractivity contribution in [3.05, 3.63) is 12.2 Å². The molecule has 2 N–H and O–H groups in total. The van der Waals surface area contributed by atoms with Crippen molar-refractivity contribution in [1.82, 2.24) is 24.6 Å². The lowest BCUT2D eigenvalue weighted by Gasteiger charge is -2.33. The Morgan fingerprint density at radius 1 is 1.48 bits per heavy atom. The number of piperidine rings is 1. The summed E-state index contributed by atoms with van der Waals surface area (Å²) in [5.74, 6) is 0.415. The number of rotatable bonds is 6. The van der Waals surface area contributed by atoms with E-state index in [1.807, 2.05) is 9.47 Å². The second-order valence-electron chi connectivity index (χ2n) is 6.48. The van der Waals surface area contributed by atoms with Crippen LogP contribution in [-0.2, 0) is 16.1 Å². The number of carbonyl (C=O) groups excluding carboxylic acids is 2. The Hall–Kier alpha value is -1.96. The number of hydrogen-bond acceptors (Lipinski definition) is 5. The zero-order valence-electron chi connectivity index (χ0n) is 14.1. The van der Waals surface area contributed by atoms with Crippen LogP contribution in [0.5, 0.6) is 0 Å². The number of amides is 2. The Morgan fingerprint density at radius 2 is 2.22 bits per heavy atom. The Balaban J connectivity index is 1.96. The van der Waals surface area contributed by atoms with Gasteiger partial charge in [0.05, 0.1) is 19.0 Å². The molecule has 2 rings (SSSR count). The molecule has 23 heavy (non-hydrogen) atoms. The van der Waals surface area contributed by atoms with Crippen LogP contribution in [0.15, 0.2) is 6.33 Å². The molecule has 0 spiro atoms. The van der Waals surface area contributed by atoms with Gasteiger partial charge in [0.2, 0.25) is 11.8 Å². The molecule has 0 unspecified atom stereocenters. The molecule has 0 saturated carbocycles. The van der Waals surface area contributed by atoms with Crippen LogP contribution in [0.4, 0.5) is 0 Å². The van der Waals surface area contributed by atoms with E-state index in [4.69, 9.17) is 5.73 Å². The molecule has 8 heteroatoms. The van der Waals surface area contributed by atoms with Crippen molar-refractivity contribution in [3.8, 4) is 0 Å². The fourth-order valence-corrected chi connectivity index (χ4v) is 3.03. The predicted molar refractivity (Wildman–Crippen MR) is 85.2 cm³/mol. The van der Waals surface area contributed by atoms with E-state index in [9.17, 15) is 9.59 Å². The van der Waals surface area contributed by atoms with Crippen LogP contribution in [0.1, 0.15) is 38.6 Å². The number of nitrogens with two attached hydrogens (primary N) is 1. The van der Waals surface area contributed by atoms with E-state index in [-0.39, 0.29) is 30.3 Å². The number of hydrogen-bond donors (Lipinski definition) is 1. The van der Waals surface area contributed by atoms with Crippen molar-refractivity contribution in [2.24, 2.45) is 11.7 Å². The smallest absolute Gasteiger partial charge is 0.231 e. The minimum atomic E-state index is -0.350. The predicted octanol–water partition coefficient (Wildman–Crippen LogP) is 0.0147. The highest BCUT2D eigenvalue weighted by Crippen LogP contribution is 2.19. The van der Waals surface area contributed by atoms with Crippen LogP contribution in [0.3, 0.4) is 0 Å². The summed E-state index contributed by atoms with van der Waals surface area (Å²) >= 11 is 0. The van der Waals surface area contributed by atoms with Crippen molar-refractivity contribution < 1.29 is 9.59 Å². The van der Waals surface area contributed by atoms with Gasteiger partial charge in [-0.15, -0.1) is 10.2 Å². The standard InChI is InChI=1S/C15H26N6O2/c1-11(2)21-10-17-18-14(21)9-19(3)15(23)12-5-4-6-20(7-12)8-13(16)22/h10-12H,4-9H2,1-3H3,(H2,16,22)/t12-/m0/s1. The quantitative estimate of drug-likeness (QED) is 0.796. The molecule has 0 aliphatic carbocycles. The molecule has 2 heterocycles. The van der Waals surface area contributed by atoms with Crippen LogP contribution in [0.2, 0.25) is 0 Å². The van der Waals surface area contributed by atoms with E-state index in [1.165, 1.54) is 0 Å². The first kappa shape index (κ1) is 17.4. The van der Waals surface area contributed by atoms with Crippen LogP contribution < -0.4 is 5.73 Å². The normalized spacial score (nSPS) is 19.0. The van der Waals surface area contributed by atoms with E-state index in [0.717, 1.165) is 25.2 Å². The average Bonchev–Trinajstić information content (AvgIpc) is 2.94. The third-order valence-corrected chi connectivity index (χ3v) is 4.19. The molecule has 1 aromatic heterocycles. The first-order valence-electron chi connectivity index (χ1n) is 8.02. The number of likely N-dealkylation sites (tertiary alicyclic amines) is 1. The first-order valence-corrected chi connectivity index (χ1v) is 8.02. The van der Waals surface area contributed by atoms with Gasteiger partial charge in [-0.2, -0.15) is 0 Å². The lowest BCUT2D eigenvalue weighted by molar-refractivity contribution is -0.137. The summed E-state index contributed by atoms with van der Waals surface area (Å²) in [5, 5.41) is 8.04.